The Kier molecular flexibility index (Phi) is 6.41. The number of nitrogens with two attached hydrogens (primary N) is 1. The molecule has 2 aliphatic rings. The van der Waals surface area contributed by atoms with Crippen molar-refractivity contribution in [2.24, 2.45) is 5.92 Å². The van der Waals surface area contributed by atoms with Crippen LogP contribution in [-0.4, -0.2) is 53.1 Å². The number of nitrogen functional groups attached to an aromatic ring is 1. The van der Waals surface area contributed by atoms with Crippen molar-refractivity contribution in [1.82, 2.24) is 14.9 Å². The van der Waals surface area contributed by atoms with Crippen LogP contribution in [0.5, 0.6) is 6.01 Å². The fraction of sp³-hybridized carbons (Fsp3) is 0.357. The van der Waals surface area contributed by atoms with E-state index in [1.807, 2.05) is 0 Å². The minimum absolute atomic E-state index is 0.0151. The highest BCUT2D eigenvalue weighted by atomic mass is 32.1. The average molecular weight is 603 g/mol. The summed E-state index contributed by atoms with van der Waals surface area (Å²) in [5.41, 5.74) is 2.62. The number of nitriles is 1. The van der Waals surface area contributed by atoms with Crippen LogP contribution in [0.3, 0.4) is 0 Å². The highest BCUT2D eigenvalue weighted by Gasteiger charge is 2.50. The molecule has 0 spiro atoms. The molecule has 0 saturated carbocycles. The first-order valence-corrected chi connectivity index (χ1v) is 13.8. The van der Waals surface area contributed by atoms with Gasteiger partial charge < -0.3 is 20.3 Å². The molecule has 2 N–H and O–H groups in total. The maximum absolute atomic E-state index is 16.5. The highest BCUT2D eigenvalue weighted by Crippen LogP contribution is 2.49. The number of carbonyl (C=O) groups excluding carboxylic acids is 1. The molecular formula is C28H23F5N6O2S. The quantitative estimate of drug-likeness (QED) is 0.298. The second-order valence-electron chi connectivity index (χ2n) is 10.6. The summed E-state index contributed by atoms with van der Waals surface area (Å²) >= 11 is 0.694. The molecule has 2 saturated heterocycles. The highest BCUT2D eigenvalue weighted by molar-refractivity contribution is 7.23. The van der Waals surface area contributed by atoms with Crippen LogP contribution in [0.1, 0.15) is 31.4 Å². The minimum Gasteiger partial charge on any atom is -0.467 e. The summed E-state index contributed by atoms with van der Waals surface area (Å²) < 4.78 is 80.2. The lowest BCUT2D eigenvalue weighted by atomic mass is 9.91. The van der Waals surface area contributed by atoms with Gasteiger partial charge in [-0.1, -0.05) is 19.9 Å². The van der Waals surface area contributed by atoms with Crippen LogP contribution in [0.15, 0.2) is 18.2 Å². The first-order chi connectivity index (χ1) is 19.9. The third kappa shape index (κ3) is 4.01. The van der Waals surface area contributed by atoms with Crippen molar-refractivity contribution < 1.29 is 31.5 Å². The molecule has 6 rings (SSSR count). The molecular weight excluding hydrogens is 579 g/mol. The Hall–Kier alpha value is -4.25. The van der Waals surface area contributed by atoms with Gasteiger partial charge in [-0.15, -0.1) is 11.3 Å². The number of carbonyl (C=O) groups is 1. The summed E-state index contributed by atoms with van der Waals surface area (Å²) in [5, 5.41) is 9.16. The van der Waals surface area contributed by atoms with Gasteiger partial charge in [-0.3, -0.25) is 4.79 Å². The van der Waals surface area contributed by atoms with Gasteiger partial charge in [-0.25, -0.2) is 8.78 Å². The van der Waals surface area contributed by atoms with Crippen molar-refractivity contribution >= 4 is 49.1 Å². The van der Waals surface area contributed by atoms with Gasteiger partial charge >= 0.3 is 12.2 Å². The monoisotopic (exact) mass is 602 g/mol. The van der Waals surface area contributed by atoms with Crippen LogP contribution in [0.2, 0.25) is 0 Å². The summed E-state index contributed by atoms with van der Waals surface area (Å²) in [7, 11) is 1.25. The molecule has 2 atom stereocenters. The van der Waals surface area contributed by atoms with Crippen LogP contribution >= 0.6 is 11.3 Å². The number of halogens is 5. The molecule has 4 aromatic rings. The molecule has 1 amide bonds. The lowest BCUT2D eigenvalue weighted by Gasteiger charge is -2.48. The first-order valence-electron chi connectivity index (χ1n) is 13.0. The zero-order chi connectivity index (χ0) is 30.2. The number of nitrogens with zero attached hydrogens (tertiary/aromatic N) is 5. The van der Waals surface area contributed by atoms with Gasteiger partial charge in [0.2, 0.25) is 5.91 Å². The number of fused-ring (bicyclic) bond motifs is 3. The van der Waals surface area contributed by atoms with Crippen molar-refractivity contribution in [2.75, 3.05) is 30.8 Å². The molecule has 2 aromatic heterocycles. The van der Waals surface area contributed by atoms with Gasteiger partial charge in [0.25, 0.3) is 0 Å². The third-order valence-electron chi connectivity index (χ3n) is 7.92. The van der Waals surface area contributed by atoms with Crippen molar-refractivity contribution in [3.05, 3.63) is 41.0 Å². The summed E-state index contributed by atoms with van der Waals surface area (Å²) in [6, 6.07) is 3.85. The summed E-state index contributed by atoms with van der Waals surface area (Å²) in [4.78, 5) is 24.6. The number of benzene rings is 2. The topological polar surface area (TPSA) is 108 Å². The van der Waals surface area contributed by atoms with Crippen LogP contribution in [0.4, 0.5) is 32.8 Å². The van der Waals surface area contributed by atoms with Crippen LogP contribution in [0.25, 0.3) is 32.1 Å². The molecule has 42 heavy (non-hydrogen) atoms. The van der Waals surface area contributed by atoms with E-state index in [1.54, 1.807) is 29.7 Å². The second-order valence-corrected chi connectivity index (χ2v) is 11.6. The predicted molar refractivity (Wildman–Crippen MR) is 147 cm³/mol. The maximum Gasteiger partial charge on any atom is 0.417 e. The number of ether oxygens (including phenoxy) is 1. The predicted octanol–water partition coefficient (Wildman–Crippen LogP) is 5.72. The standard InChI is InChI=1S/C28H23F5N6O2S/c1-11(2)26(40)38-7-6-17-18(38)10-39(17)25-13-8-15(28(31,32)33)20(21(30)22(13)36-27(37-25)41-3)12-4-5-16(29)23-19(12)14(9-34)24(35)42-23/h4-5,8,11,17-18H,6-7,10,35H2,1-3H3. The Morgan fingerprint density at radius 3 is 2.62 bits per heavy atom. The van der Waals surface area contributed by atoms with Gasteiger partial charge in [-0.05, 0) is 24.1 Å². The Balaban J connectivity index is 1.59. The van der Waals surface area contributed by atoms with Gasteiger partial charge in [-0.2, -0.15) is 28.4 Å². The van der Waals surface area contributed by atoms with Gasteiger partial charge in [0.05, 0.1) is 35.0 Å². The summed E-state index contributed by atoms with van der Waals surface area (Å²) in [6.07, 6.45) is -4.49. The van der Waals surface area contributed by atoms with Gasteiger partial charge in [0.15, 0.2) is 5.82 Å². The molecule has 0 radical (unpaired) electrons. The third-order valence-corrected chi connectivity index (χ3v) is 8.95. The zero-order valence-electron chi connectivity index (χ0n) is 22.5. The molecule has 8 nitrogen and oxygen atoms in total. The van der Waals surface area contributed by atoms with E-state index in [1.165, 1.54) is 7.11 Å². The number of likely N-dealkylation sites (tertiary alicyclic amines) is 1. The van der Waals surface area contributed by atoms with E-state index >= 15 is 4.39 Å². The normalized spacial score (nSPS) is 18.5. The van der Waals surface area contributed by atoms with E-state index in [0.717, 1.165) is 18.2 Å². The lowest BCUT2D eigenvalue weighted by molar-refractivity contribution is -0.137. The number of amides is 1. The zero-order valence-corrected chi connectivity index (χ0v) is 23.3. The number of alkyl halides is 3. The fourth-order valence-corrected chi connectivity index (χ4v) is 6.91. The van der Waals surface area contributed by atoms with Crippen LogP contribution in [-0.2, 0) is 11.0 Å². The van der Waals surface area contributed by atoms with Crippen molar-refractivity contribution in [3.63, 3.8) is 0 Å². The number of hydrogen-bond acceptors (Lipinski definition) is 8. The summed E-state index contributed by atoms with van der Waals surface area (Å²) in [6.45, 7) is 4.38. The SMILES string of the molecule is COc1nc(N2CC3C2CCN3C(=O)C(C)C)c2cc(C(F)(F)F)c(-c3ccc(F)c4sc(N)c(C#N)c34)c(F)c2n1. The Morgan fingerprint density at radius 1 is 1.24 bits per heavy atom. The number of methoxy groups -OCH3 is 1. The maximum atomic E-state index is 16.5. The Bertz CT molecular complexity index is 1830. The molecule has 14 heteroatoms. The molecule has 218 valence electrons. The van der Waals surface area contributed by atoms with Crippen molar-refractivity contribution in [3.8, 4) is 23.2 Å². The molecule has 0 bridgehead atoms. The number of hydrogen-bond donors (Lipinski definition) is 1. The van der Waals surface area contributed by atoms with E-state index in [2.05, 4.69) is 9.97 Å². The Labute approximate surface area is 240 Å². The van der Waals surface area contributed by atoms with Crippen molar-refractivity contribution in [2.45, 2.75) is 38.5 Å². The first kappa shape index (κ1) is 27.9. The molecule has 2 unspecified atom stereocenters. The van der Waals surface area contributed by atoms with E-state index in [0.29, 0.717) is 30.8 Å². The van der Waals surface area contributed by atoms with E-state index in [4.69, 9.17) is 10.5 Å². The number of thiophene rings is 1. The average Bonchev–Trinajstić information content (AvgIpc) is 3.44. The molecule has 4 heterocycles. The van der Waals surface area contributed by atoms with E-state index < -0.39 is 34.5 Å². The largest absolute Gasteiger partial charge is 0.467 e. The van der Waals surface area contributed by atoms with Crippen LogP contribution < -0.4 is 15.4 Å². The fourth-order valence-electron chi connectivity index (χ4n) is 5.97. The van der Waals surface area contributed by atoms with Gasteiger partial charge in [0, 0.05) is 35.3 Å². The second kappa shape index (κ2) is 9.65. The minimum atomic E-state index is -5.05. The van der Waals surface area contributed by atoms with Crippen LogP contribution in [0, 0.1) is 28.9 Å². The molecule has 2 aliphatic heterocycles. The number of anilines is 2. The molecule has 2 fully saturated rings. The Morgan fingerprint density at radius 2 is 1.98 bits per heavy atom. The lowest BCUT2D eigenvalue weighted by Crippen LogP contribution is -2.63. The number of aromatic nitrogens is 2. The molecule has 2 aromatic carbocycles. The number of rotatable bonds is 4. The molecule has 0 aliphatic carbocycles. The smallest absolute Gasteiger partial charge is 0.417 e. The van der Waals surface area contributed by atoms with E-state index in [-0.39, 0.29) is 67.3 Å². The van der Waals surface area contributed by atoms with Crippen molar-refractivity contribution in [1.29, 1.82) is 5.26 Å². The van der Waals surface area contributed by atoms with Gasteiger partial charge in [0.1, 0.15) is 28.2 Å². The summed E-state index contributed by atoms with van der Waals surface area (Å²) in [5.74, 6) is -2.31. The van der Waals surface area contributed by atoms with E-state index in [9.17, 15) is 27.6 Å².